The largest absolute Gasteiger partial charge is 0.341 e. The first-order valence-corrected chi connectivity index (χ1v) is 7.55. The van der Waals surface area contributed by atoms with Gasteiger partial charge < -0.3 is 4.90 Å². The Balaban J connectivity index is 1.90. The fourth-order valence-electron chi connectivity index (χ4n) is 3.01. The standard InChI is InChI=1S/C14H24ClNO/c1-11-8-9-16(10-13(11)15)14(17)12-6-4-2-3-5-7-12/h11-13H,2-10H2,1H3. The van der Waals surface area contributed by atoms with E-state index in [2.05, 4.69) is 6.92 Å². The van der Waals surface area contributed by atoms with E-state index in [1.807, 2.05) is 4.90 Å². The lowest BCUT2D eigenvalue weighted by molar-refractivity contribution is -0.137. The number of likely N-dealkylation sites (tertiary alicyclic amines) is 1. The number of nitrogens with zero attached hydrogens (tertiary/aromatic N) is 1. The van der Waals surface area contributed by atoms with E-state index in [9.17, 15) is 4.79 Å². The van der Waals surface area contributed by atoms with E-state index >= 15 is 0 Å². The molecule has 0 spiro atoms. The molecular weight excluding hydrogens is 234 g/mol. The molecule has 1 aliphatic carbocycles. The maximum absolute atomic E-state index is 12.4. The number of carbonyl (C=O) groups excluding carboxylic acids is 1. The van der Waals surface area contributed by atoms with Gasteiger partial charge in [0.1, 0.15) is 0 Å². The van der Waals surface area contributed by atoms with E-state index in [1.165, 1.54) is 25.7 Å². The lowest BCUT2D eigenvalue weighted by Crippen LogP contribution is -2.46. The first-order chi connectivity index (χ1) is 8.18. The summed E-state index contributed by atoms with van der Waals surface area (Å²) in [6, 6.07) is 0. The summed E-state index contributed by atoms with van der Waals surface area (Å²) in [6.07, 6.45) is 8.32. The molecule has 0 aromatic carbocycles. The fourth-order valence-corrected chi connectivity index (χ4v) is 3.30. The topological polar surface area (TPSA) is 20.3 Å². The molecule has 0 radical (unpaired) electrons. The molecule has 0 bridgehead atoms. The Morgan fingerprint density at radius 2 is 1.76 bits per heavy atom. The number of piperidine rings is 1. The van der Waals surface area contributed by atoms with Crippen molar-refractivity contribution in [2.24, 2.45) is 11.8 Å². The van der Waals surface area contributed by atoms with Crippen molar-refractivity contribution in [3.05, 3.63) is 0 Å². The monoisotopic (exact) mass is 257 g/mol. The Hall–Kier alpha value is -0.240. The fraction of sp³-hybridized carbons (Fsp3) is 0.929. The second-order valence-electron chi connectivity index (χ2n) is 5.75. The van der Waals surface area contributed by atoms with Gasteiger partial charge in [0.05, 0.1) is 5.38 Å². The van der Waals surface area contributed by atoms with E-state index in [4.69, 9.17) is 11.6 Å². The Morgan fingerprint density at radius 3 is 2.35 bits per heavy atom. The minimum absolute atomic E-state index is 0.151. The maximum atomic E-state index is 12.4. The molecule has 2 fully saturated rings. The van der Waals surface area contributed by atoms with E-state index < -0.39 is 0 Å². The average Bonchev–Trinajstić information content (AvgIpc) is 2.60. The Morgan fingerprint density at radius 1 is 1.12 bits per heavy atom. The maximum Gasteiger partial charge on any atom is 0.225 e. The van der Waals surface area contributed by atoms with Crippen LogP contribution in [0.15, 0.2) is 0 Å². The number of hydrogen-bond donors (Lipinski definition) is 0. The van der Waals surface area contributed by atoms with E-state index in [0.717, 1.165) is 32.4 Å². The zero-order valence-electron chi connectivity index (χ0n) is 10.8. The van der Waals surface area contributed by atoms with Crippen LogP contribution in [0, 0.1) is 11.8 Å². The van der Waals surface area contributed by atoms with Crippen LogP contribution < -0.4 is 0 Å². The van der Waals surface area contributed by atoms with Gasteiger partial charge in [-0.05, 0) is 25.2 Å². The minimum atomic E-state index is 0.151. The van der Waals surface area contributed by atoms with E-state index in [1.54, 1.807) is 0 Å². The number of halogens is 1. The summed E-state index contributed by atoms with van der Waals surface area (Å²) < 4.78 is 0. The molecule has 1 aliphatic heterocycles. The quantitative estimate of drug-likeness (QED) is 0.521. The highest BCUT2D eigenvalue weighted by molar-refractivity contribution is 6.21. The molecule has 17 heavy (non-hydrogen) atoms. The lowest BCUT2D eigenvalue weighted by Gasteiger charge is -2.36. The van der Waals surface area contributed by atoms with Gasteiger partial charge in [0.15, 0.2) is 0 Å². The summed E-state index contributed by atoms with van der Waals surface area (Å²) in [7, 11) is 0. The smallest absolute Gasteiger partial charge is 0.225 e. The Kier molecular flexibility index (Phi) is 4.72. The van der Waals surface area contributed by atoms with Crippen LogP contribution >= 0.6 is 11.6 Å². The second-order valence-corrected chi connectivity index (χ2v) is 6.32. The average molecular weight is 258 g/mol. The van der Waals surface area contributed by atoms with Crippen LogP contribution in [0.3, 0.4) is 0 Å². The van der Waals surface area contributed by atoms with Gasteiger partial charge in [-0.3, -0.25) is 4.79 Å². The summed E-state index contributed by atoms with van der Waals surface area (Å²) >= 11 is 6.28. The van der Waals surface area contributed by atoms with Crippen molar-refractivity contribution in [1.29, 1.82) is 0 Å². The number of alkyl halides is 1. The van der Waals surface area contributed by atoms with Crippen LogP contribution in [-0.2, 0) is 4.79 Å². The summed E-state index contributed by atoms with van der Waals surface area (Å²) in [5.41, 5.74) is 0. The molecular formula is C14H24ClNO. The molecule has 2 rings (SSSR count). The predicted molar refractivity (Wildman–Crippen MR) is 71.2 cm³/mol. The molecule has 2 unspecified atom stereocenters. The SMILES string of the molecule is CC1CCN(C(=O)C2CCCCCC2)CC1Cl. The van der Waals surface area contributed by atoms with Crippen LogP contribution in [-0.4, -0.2) is 29.3 Å². The van der Waals surface area contributed by atoms with Gasteiger partial charge in [0.2, 0.25) is 5.91 Å². The highest BCUT2D eigenvalue weighted by Gasteiger charge is 2.31. The number of hydrogen-bond acceptors (Lipinski definition) is 1. The molecule has 0 N–H and O–H groups in total. The molecule has 98 valence electrons. The Labute approximate surface area is 110 Å². The zero-order valence-corrected chi connectivity index (χ0v) is 11.6. The van der Waals surface area contributed by atoms with Crippen LogP contribution in [0.1, 0.15) is 51.9 Å². The molecule has 0 aromatic rings. The third-order valence-electron chi connectivity index (χ3n) is 4.38. The molecule has 0 aromatic heterocycles. The molecule has 3 heteroatoms. The van der Waals surface area contributed by atoms with Gasteiger partial charge in [0, 0.05) is 19.0 Å². The first kappa shape index (κ1) is 13.2. The lowest BCUT2D eigenvalue weighted by atomic mass is 9.94. The predicted octanol–water partition coefficient (Wildman–Crippen LogP) is 3.43. The zero-order chi connectivity index (χ0) is 12.3. The molecule has 1 heterocycles. The van der Waals surface area contributed by atoms with Crippen molar-refractivity contribution in [2.45, 2.75) is 57.2 Å². The molecule has 2 nitrogen and oxygen atoms in total. The Bertz CT molecular complexity index is 261. The summed E-state index contributed by atoms with van der Waals surface area (Å²) in [5, 5.41) is 0.151. The summed E-state index contributed by atoms with van der Waals surface area (Å²) in [5.74, 6) is 1.22. The van der Waals surface area contributed by atoms with Crippen LogP contribution in [0.25, 0.3) is 0 Å². The second kappa shape index (κ2) is 6.08. The van der Waals surface area contributed by atoms with Crippen LogP contribution in [0.2, 0.25) is 0 Å². The van der Waals surface area contributed by atoms with Crippen molar-refractivity contribution in [2.75, 3.05) is 13.1 Å². The van der Waals surface area contributed by atoms with Crippen LogP contribution in [0.4, 0.5) is 0 Å². The van der Waals surface area contributed by atoms with Gasteiger partial charge in [0.25, 0.3) is 0 Å². The molecule has 2 atom stereocenters. The van der Waals surface area contributed by atoms with Gasteiger partial charge in [-0.2, -0.15) is 0 Å². The highest BCUT2D eigenvalue weighted by Crippen LogP contribution is 2.28. The molecule has 1 saturated carbocycles. The van der Waals surface area contributed by atoms with Crippen molar-refractivity contribution in [1.82, 2.24) is 4.90 Å². The first-order valence-electron chi connectivity index (χ1n) is 7.11. The summed E-state index contributed by atoms with van der Waals surface area (Å²) in [4.78, 5) is 14.4. The van der Waals surface area contributed by atoms with E-state index in [-0.39, 0.29) is 11.3 Å². The molecule has 1 amide bonds. The highest BCUT2D eigenvalue weighted by atomic mass is 35.5. The number of rotatable bonds is 1. The van der Waals surface area contributed by atoms with Gasteiger partial charge in [-0.1, -0.05) is 32.6 Å². The minimum Gasteiger partial charge on any atom is -0.341 e. The van der Waals surface area contributed by atoms with Crippen molar-refractivity contribution < 1.29 is 4.79 Å². The third-order valence-corrected chi connectivity index (χ3v) is 4.95. The van der Waals surface area contributed by atoms with Crippen molar-refractivity contribution in [3.63, 3.8) is 0 Å². The molecule has 2 aliphatic rings. The van der Waals surface area contributed by atoms with Gasteiger partial charge in [-0.25, -0.2) is 0 Å². The number of carbonyl (C=O) groups is 1. The number of amides is 1. The van der Waals surface area contributed by atoms with Crippen LogP contribution in [0.5, 0.6) is 0 Å². The van der Waals surface area contributed by atoms with Crippen molar-refractivity contribution in [3.8, 4) is 0 Å². The van der Waals surface area contributed by atoms with Gasteiger partial charge in [-0.15, -0.1) is 11.6 Å². The molecule has 1 saturated heterocycles. The van der Waals surface area contributed by atoms with Crippen molar-refractivity contribution >= 4 is 17.5 Å². The van der Waals surface area contributed by atoms with E-state index in [0.29, 0.717) is 11.8 Å². The summed E-state index contributed by atoms with van der Waals surface area (Å²) in [6.45, 7) is 3.86. The van der Waals surface area contributed by atoms with Gasteiger partial charge >= 0.3 is 0 Å². The third kappa shape index (κ3) is 3.37. The normalized spacial score (nSPS) is 32.2.